The smallest absolute Gasteiger partial charge is 0.224 e. The van der Waals surface area contributed by atoms with Crippen LogP contribution in [0.25, 0.3) is 0 Å². The molecule has 2 unspecified atom stereocenters. The molecule has 1 saturated heterocycles. The van der Waals surface area contributed by atoms with Gasteiger partial charge in [-0.1, -0.05) is 0 Å². The molecule has 5 nitrogen and oxygen atoms in total. The highest BCUT2D eigenvalue weighted by Crippen LogP contribution is 2.33. The van der Waals surface area contributed by atoms with Crippen molar-refractivity contribution < 1.29 is 9.59 Å². The van der Waals surface area contributed by atoms with Crippen LogP contribution in [0.4, 0.5) is 0 Å². The van der Waals surface area contributed by atoms with Gasteiger partial charge in [0.05, 0.1) is 5.92 Å². The Balaban J connectivity index is 1.83. The van der Waals surface area contributed by atoms with Gasteiger partial charge in [-0.25, -0.2) is 0 Å². The molecule has 0 aromatic heterocycles. The van der Waals surface area contributed by atoms with Crippen LogP contribution >= 0.6 is 0 Å². The van der Waals surface area contributed by atoms with Crippen molar-refractivity contribution in [2.45, 2.75) is 38.1 Å². The molecular weight excluding hydrogens is 230 g/mol. The second-order valence-electron chi connectivity index (χ2n) is 5.50. The van der Waals surface area contributed by atoms with Gasteiger partial charge in [0.1, 0.15) is 0 Å². The number of rotatable bonds is 4. The fourth-order valence-electron chi connectivity index (χ4n) is 2.64. The standard InChI is InChI=1S/C13H23N3O2/c1-15-13(18)10-3-2-6-16(8-10)12(17)7-11(14)9-4-5-9/h9-11H,2-8,14H2,1H3,(H,15,18). The molecule has 1 aliphatic heterocycles. The second kappa shape index (κ2) is 5.69. The summed E-state index contributed by atoms with van der Waals surface area (Å²) in [6.45, 7) is 1.32. The minimum Gasteiger partial charge on any atom is -0.359 e. The highest BCUT2D eigenvalue weighted by molar-refractivity contribution is 5.81. The lowest BCUT2D eigenvalue weighted by Gasteiger charge is -2.32. The van der Waals surface area contributed by atoms with Crippen molar-refractivity contribution in [2.24, 2.45) is 17.6 Å². The first-order valence-electron chi connectivity index (χ1n) is 6.86. The van der Waals surface area contributed by atoms with Crippen LogP contribution in [0.15, 0.2) is 0 Å². The molecule has 1 saturated carbocycles. The molecule has 0 spiro atoms. The third kappa shape index (κ3) is 3.22. The molecule has 0 aromatic carbocycles. The molecule has 0 bridgehead atoms. The number of nitrogens with one attached hydrogen (secondary N) is 1. The van der Waals surface area contributed by atoms with Crippen molar-refractivity contribution >= 4 is 11.8 Å². The Morgan fingerprint density at radius 1 is 1.39 bits per heavy atom. The molecule has 0 aromatic rings. The topological polar surface area (TPSA) is 75.4 Å². The third-order valence-corrected chi connectivity index (χ3v) is 4.03. The summed E-state index contributed by atoms with van der Waals surface area (Å²) in [6.07, 6.45) is 4.54. The van der Waals surface area contributed by atoms with Crippen molar-refractivity contribution in [3.05, 3.63) is 0 Å². The van der Waals surface area contributed by atoms with Gasteiger partial charge in [0, 0.05) is 32.6 Å². The van der Waals surface area contributed by atoms with Crippen LogP contribution in [-0.4, -0.2) is 42.9 Å². The zero-order valence-electron chi connectivity index (χ0n) is 11.0. The Morgan fingerprint density at radius 2 is 2.11 bits per heavy atom. The molecular formula is C13H23N3O2. The Hall–Kier alpha value is -1.10. The number of hydrogen-bond acceptors (Lipinski definition) is 3. The number of amides is 2. The summed E-state index contributed by atoms with van der Waals surface area (Å²) in [7, 11) is 1.64. The third-order valence-electron chi connectivity index (χ3n) is 4.03. The van der Waals surface area contributed by atoms with Crippen molar-refractivity contribution in [1.29, 1.82) is 0 Å². The van der Waals surface area contributed by atoms with E-state index < -0.39 is 0 Å². The number of hydrogen-bond donors (Lipinski definition) is 2. The molecule has 0 radical (unpaired) electrons. The van der Waals surface area contributed by atoms with Crippen LogP contribution in [0.5, 0.6) is 0 Å². The number of carbonyl (C=O) groups is 2. The maximum Gasteiger partial charge on any atom is 0.224 e. The van der Waals surface area contributed by atoms with Gasteiger partial charge >= 0.3 is 0 Å². The maximum absolute atomic E-state index is 12.1. The van der Waals surface area contributed by atoms with E-state index in [0.717, 1.165) is 32.2 Å². The van der Waals surface area contributed by atoms with Crippen LogP contribution < -0.4 is 11.1 Å². The highest BCUT2D eigenvalue weighted by Gasteiger charge is 2.33. The fraction of sp³-hybridized carbons (Fsp3) is 0.846. The van der Waals surface area contributed by atoms with Gasteiger partial charge in [0.25, 0.3) is 0 Å². The average molecular weight is 253 g/mol. The number of piperidine rings is 1. The first-order chi connectivity index (χ1) is 8.61. The van der Waals surface area contributed by atoms with Gasteiger partial charge in [-0.05, 0) is 31.6 Å². The van der Waals surface area contributed by atoms with Gasteiger partial charge in [-0.2, -0.15) is 0 Å². The Bertz CT molecular complexity index is 328. The molecule has 18 heavy (non-hydrogen) atoms. The average Bonchev–Trinajstić information content (AvgIpc) is 3.22. The largest absolute Gasteiger partial charge is 0.359 e. The van der Waals surface area contributed by atoms with Crippen LogP contribution in [0, 0.1) is 11.8 Å². The lowest BCUT2D eigenvalue weighted by atomic mass is 9.96. The van der Waals surface area contributed by atoms with E-state index in [4.69, 9.17) is 5.73 Å². The minimum atomic E-state index is -0.0511. The minimum absolute atomic E-state index is 0.0119. The number of nitrogens with zero attached hydrogens (tertiary/aromatic N) is 1. The van der Waals surface area contributed by atoms with E-state index in [0.29, 0.717) is 18.9 Å². The second-order valence-corrected chi connectivity index (χ2v) is 5.50. The predicted molar refractivity (Wildman–Crippen MR) is 68.7 cm³/mol. The lowest BCUT2D eigenvalue weighted by molar-refractivity contribution is -0.135. The summed E-state index contributed by atoms with van der Waals surface area (Å²) in [5, 5.41) is 2.66. The SMILES string of the molecule is CNC(=O)C1CCCN(C(=O)CC(N)C2CC2)C1. The molecule has 3 N–H and O–H groups in total. The Morgan fingerprint density at radius 3 is 2.72 bits per heavy atom. The number of nitrogens with two attached hydrogens (primary N) is 1. The van der Waals surface area contributed by atoms with Gasteiger partial charge in [-0.15, -0.1) is 0 Å². The molecule has 2 atom stereocenters. The van der Waals surface area contributed by atoms with Gasteiger partial charge in [-0.3, -0.25) is 9.59 Å². The highest BCUT2D eigenvalue weighted by atomic mass is 16.2. The molecule has 102 valence electrons. The number of likely N-dealkylation sites (tertiary alicyclic amines) is 1. The van der Waals surface area contributed by atoms with Gasteiger partial charge in [0.15, 0.2) is 0 Å². The van der Waals surface area contributed by atoms with E-state index in [1.165, 1.54) is 0 Å². The zero-order valence-corrected chi connectivity index (χ0v) is 11.0. The maximum atomic E-state index is 12.1. The van der Waals surface area contributed by atoms with Crippen molar-refractivity contribution in [3.8, 4) is 0 Å². The van der Waals surface area contributed by atoms with E-state index in [2.05, 4.69) is 5.32 Å². The fourth-order valence-corrected chi connectivity index (χ4v) is 2.64. The predicted octanol–water partition coefficient (Wildman–Crippen LogP) is 0.0984. The van der Waals surface area contributed by atoms with Crippen LogP contribution in [0.3, 0.4) is 0 Å². The van der Waals surface area contributed by atoms with Crippen LogP contribution in [0.2, 0.25) is 0 Å². The van der Waals surface area contributed by atoms with Gasteiger partial charge < -0.3 is 16.0 Å². The van der Waals surface area contributed by atoms with E-state index in [1.54, 1.807) is 7.05 Å². The lowest BCUT2D eigenvalue weighted by Crippen LogP contribution is -2.46. The first kappa shape index (κ1) is 13.3. The molecule has 2 fully saturated rings. The van der Waals surface area contributed by atoms with Crippen molar-refractivity contribution in [3.63, 3.8) is 0 Å². The molecule has 1 heterocycles. The first-order valence-corrected chi connectivity index (χ1v) is 6.86. The summed E-state index contributed by atoms with van der Waals surface area (Å²) >= 11 is 0. The van der Waals surface area contributed by atoms with Crippen molar-refractivity contribution in [1.82, 2.24) is 10.2 Å². The summed E-state index contributed by atoms with van der Waals surface area (Å²) in [5.41, 5.74) is 5.98. The summed E-state index contributed by atoms with van der Waals surface area (Å²) < 4.78 is 0. The monoisotopic (exact) mass is 253 g/mol. The van der Waals surface area contributed by atoms with E-state index in [9.17, 15) is 9.59 Å². The van der Waals surface area contributed by atoms with Crippen LogP contribution in [0.1, 0.15) is 32.1 Å². The summed E-state index contributed by atoms with van der Waals surface area (Å²) in [6, 6.07) is 0.0119. The van der Waals surface area contributed by atoms with Gasteiger partial charge in [0.2, 0.25) is 11.8 Å². The normalized spacial score (nSPS) is 25.7. The van der Waals surface area contributed by atoms with Crippen molar-refractivity contribution in [2.75, 3.05) is 20.1 Å². The Kier molecular flexibility index (Phi) is 4.22. The molecule has 1 aliphatic carbocycles. The van der Waals surface area contributed by atoms with E-state index in [-0.39, 0.29) is 23.8 Å². The Labute approximate surface area is 108 Å². The molecule has 2 aliphatic rings. The summed E-state index contributed by atoms with van der Waals surface area (Å²) in [4.78, 5) is 25.5. The van der Waals surface area contributed by atoms with Crippen LogP contribution in [-0.2, 0) is 9.59 Å². The number of carbonyl (C=O) groups excluding carboxylic acids is 2. The summed E-state index contributed by atoms with van der Waals surface area (Å²) in [5.74, 6) is 0.653. The zero-order chi connectivity index (χ0) is 13.1. The van der Waals surface area contributed by atoms with E-state index >= 15 is 0 Å². The quantitative estimate of drug-likeness (QED) is 0.746. The molecule has 5 heteroatoms. The molecule has 2 amide bonds. The van der Waals surface area contributed by atoms with E-state index in [1.807, 2.05) is 4.90 Å². The molecule has 2 rings (SSSR count).